The molecule has 176 valence electrons. The van der Waals surface area contributed by atoms with Crippen LogP contribution in [0.25, 0.3) is 0 Å². The predicted octanol–water partition coefficient (Wildman–Crippen LogP) is 3.38. The number of hydrogen-bond donors (Lipinski definition) is 3. The molecule has 0 aromatic heterocycles. The standard InChI is InChI=1S/C24H35N3O5/c1-9-11-16(4)25-21(29)20(18-12-13-19(28)15(3)14-18)27(10-2)22(30)17(5)26-23(31)32-24(6,7)8/h2,12-14,16-17,20,28H,9,11H2,1,3-8H3,(H,25,29)(H,26,31). The molecule has 1 rings (SSSR count). The highest BCUT2D eigenvalue weighted by Gasteiger charge is 2.34. The lowest BCUT2D eigenvalue weighted by atomic mass is 10.0. The Balaban J connectivity index is 3.25. The lowest BCUT2D eigenvalue weighted by Gasteiger charge is -2.30. The Morgan fingerprint density at radius 3 is 2.34 bits per heavy atom. The van der Waals surface area contributed by atoms with Crippen LogP contribution in [0.15, 0.2) is 18.2 Å². The number of aryl methyl sites for hydroxylation is 1. The first-order valence-corrected chi connectivity index (χ1v) is 10.7. The largest absolute Gasteiger partial charge is 0.508 e. The molecule has 0 saturated heterocycles. The quantitative estimate of drug-likeness (QED) is 0.420. The molecule has 0 aliphatic rings. The number of terminal acetylenes is 1. The molecule has 8 heteroatoms. The number of amides is 3. The lowest BCUT2D eigenvalue weighted by Crippen LogP contribution is -2.51. The maximum Gasteiger partial charge on any atom is 0.408 e. The Labute approximate surface area is 190 Å². The van der Waals surface area contributed by atoms with Gasteiger partial charge in [-0.05, 0) is 71.2 Å². The maximum atomic E-state index is 13.2. The highest BCUT2D eigenvalue weighted by Crippen LogP contribution is 2.27. The van der Waals surface area contributed by atoms with Gasteiger partial charge in [0.1, 0.15) is 23.4 Å². The summed E-state index contributed by atoms with van der Waals surface area (Å²) in [4.78, 5) is 39.4. The molecule has 1 aromatic carbocycles. The number of alkyl carbamates (subject to hydrolysis) is 1. The average molecular weight is 446 g/mol. The zero-order valence-electron chi connectivity index (χ0n) is 20.0. The fourth-order valence-corrected chi connectivity index (χ4v) is 3.11. The minimum atomic E-state index is -1.14. The van der Waals surface area contributed by atoms with Crippen LogP contribution in [0, 0.1) is 19.4 Å². The van der Waals surface area contributed by atoms with Crippen molar-refractivity contribution in [2.45, 2.75) is 85.0 Å². The molecular weight excluding hydrogens is 410 g/mol. The summed E-state index contributed by atoms with van der Waals surface area (Å²) in [6, 6.07) is 4.58. The van der Waals surface area contributed by atoms with Gasteiger partial charge < -0.3 is 20.5 Å². The highest BCUT2D eigenvalue weighted by molar-refractivity contribution is 5.93. The zero-order chi connectivity index (χ0) is 24.6. The van der Waals surface area contributed by atoms with Crippen molar-refractivity contribution in [3.63, 3.8) is 0 Å². The summed E-state index contributed by atoms with van der Waals surface area (Å²) >= 11 is 0. The molecule has 0 spiro atoms. The van der Waals surface area contributed by atoms with Crippen LogP contribution in [0.5, 0.6) is 5.75 Å². The molecule has 0 heterocycles. The molecule has 3 unspecified atom stereocenters. The molecular formula is C24H35N3O5. The molecule has 1 aromatic rings. The van der Waals surface area contributed by atoms with Crippen LogP contribution in [0.2, 0.25) is 0 Å². The number of hydrogen-bond acceptors (Lipinski definition) is 5. The van der Waals surface area contributed by atoms with Crippen molar-refractivity contribution in [1.82, 2.24) is 15.5 Å². The molecule has 0 bridgehead atoms. The van der Waals surface area contributed by atoms with Crippen LogP contribution in [-0.2, 0) is 14.3 Å². The second-order valence-corrected chi connectivity index (χ2v) is 8.85. The van der Waals surface area contributed by atoms with Gasteiger partial charge in [0.05, 0.1) is 0 Å². The monoisotopic (exact) mass is 445 g/mol. The summed E-state index contributed by atoms with van der Waals surface area (Å²) in [6.07, 6.45) is 6.52. The summed E-state index contributed by atoms with van der Waals surface area (Å²) in [6.45, 7) is 12.1. The normalized spacial score (nSPS) is 13.8. The van der Waals surface area contributed by atoms with E-state index in [0.717, 1.165) is 17.7 Å². The van der Waals surface area contributed by atoms with Gasteiger partial charge in [-0.25, -0.2) is 4.79 Å². The van der Waals surface area contributed by atoms with E-state index in [2.05, 4.69) is 16.7 Å². The highest BCUT2D eigenvalue weighted by atomic mass is 16.6. The van der Waals surface area contributed by atoms with Crippen molar-refractivity contribution in [3.8, 4) is 18.2 Å². The minimum absolute atomic E-state index is 0.0609. The van der Waals surface area contributed by atoms with E-state index in [1.54, 1.807) is 39.8 Å². The smallest absolute Gasteiger partial charge is 0.408 e. The first kappa shape index (κ1) is 26.8. The van der Waals surface area contributed by atoms with Gasteiger partial charge in [0.25, 0.3) is 5.91 Å². The van der Waals surface area contributed by atoms with E-state index in [0.29, 0.717) is 11.1 Å². The van der Waals surface area contributed by atoms with Crippen LogP contribution >= 0.6 is 0 Å². The second kappa shape index (κ2) is 11.4. The predicted molar refractivity (Wildman–Crippen MR) is 123 cm³/mol. The van der Waals surface area contributed by atoms with E-state index in [9.17, 15) is 19.5 Å². The lowest BCUT2D eigenvalue weighted by molar-refractivity contribution is -0.138. The third-order valence-corrected chi connectivity index (χ3v) is 4.63. The van der Waals surface area contributed by atoms with E-state index >= 15 is 0 Å². The number of carbonyl (C=O) groups excluding carboxylic acids is 3. The average Bonchev–Trinajstić information content (AvgIpc) is 2.66. The molecule has 32 heavy (non-hydrogen) atoms. The molecule has 0 aliphatic heterocycles. The number of rotatable bonds is 8. The van der Waals surface area contributed by atoms with Gasteiger partial charge in [-0.15, -0.1) is 0 Å². The Bertz CT molecular complexity index is 869. The van der Waals surface area contributed by atoms with Gasteiger partial charge in [0, 0.05) is 12.1 Å². The van der Waals surface area contributed by atoms with E-state index in [-0.39, 0.29) is 11.8 Å². The van der Waals surface area contributed by atoms with Crippen molar-refractivity contribution in [2.24, 2.45) is 0 Å². The number of phenols is 1. The first-order chi connectivity index (χ1) is 14.8. The van der Waals surface area contributed by atoms with E-state index in [1.807, 2.05) is 13.8 Å². The molecule has 3 amide bonds. The van der Waals surface area contributed by atoms with E-state index in [4.69, 9.17) is 11.2 Å². The summed E-state index contributed by atoms with van der Waals surface area (Å²) in [5.74, 6) is -1.04. The number of aromatic hydroxyl groups is 1. The van der Waals surface area contributed by atoms with Gasteiger partial charge in [0.15, 0.2) is 0 Å². The van der Waals surface area contributed by atoms with E-state index < -0.39 is 35.6 Å². The van der Waals surface area contributed by atoms with Gasteiger partial charge >= 0.3 is 6.09 Å². The Hall–Kier alpha value is -3.21. The number of nitrogens with one attached hydrogen (secondary N) is 2. The zero-order valence-corrected chi connectivity index (χ0v) is 20.0. The third-order valence-electron chi connectivity index (χ3n) is 4.63. The van der Waals surface area contributed by atoms with Crippen molar-refractivity contribution in [2.75, 3.05) is 0 Å². The van der Waals surface area contributed by atoms with Gasteiger partial charge in [0.2, 0.25) is 5.91 Å². The Kier molecular flexibility index (Phi) is 9.57. The summed E-state index contributed by atoms with van der Waals surface area (Å²) in [5, 5.41) is 15.2. The maximum absolute atomic E-state index is 13.2. The molecule has 8 nitrogen and oxygen atoms in total. The molecule has 0 aliphatic carbocycles. The summed E-state index contributed by atoms with van der Waals surface area (Å²) in [7, 11) is 0. The van der Waals surface area contributed by atoms with Crippen molar-refractivity contribution in [1.29, 1.82) is 0 Å². The number of phenolic OH excluding ortho intramolecular Hbond substituents is 1. The number of ether oxygens (including phenoxy) is 1. The van der Waals surface area contributed by atoms with Gasteiger partial charge in [-0.1, -0.05) is 25.8 Å². The van der Waals surface area contributed by atoms with Gasteiger partial charge in [-0.2, -0.15) is 0 Å². The Morgan fingerprint density at radius 2 is 1.84 bits per heavy atom. The first-order valence-electron chi connectivity index (χ1n) is 10.7. The van der Waals surface area contributed by atoms with Crippen molar-refractivity contribution < 1.29 is 24.2 Å². The topological polar surface area (TPSA) is 108 Å². The van der Waals surface area contributed by atoms with Crippen LogP contribution in [0.4, 0.5) is 4.79 Å². The SMILES string of the molecule is C#CN(C(=O)C(C)NC(=O)OC(C)(C)C)C(C(=O)NC(C)CCC)c1ccc(O)c(C)c1. The van der Waals surface area contributed by atoms with Crippen LogP contribution in [-0.4, -0.2) is 45.6 Å². The fourth-order valence-electron chi connectivity index (χ4n) is 3.11. The van der Waals surface area contributed by atoms with Crippen LogP contribution in [0.3, 0.4) is 0 Å². The molecule has 0 saturated carbocycles. The van der Waals surface area contributed by atoms with Crippen LogP contribution < -0.4 is 10.6 Å². The number of nitrogens with zero attached hydrogens (tertiary/aromatic N) is 1. The summed E-state index contributed by atoms with van der Waals surface area (Å²) in [5.41, 5.74) is 0.239. The number of carbonyl (C=O) groups is 3. The molecule has 0 fully saturated rings. The Morgan fingerprint density at radius 1 is 1.22 bits per heavy atom. The van der Waals surface area contributed by atoms with Crippen molar-refractivity contribution in [3.05, 3.63) is 29.3 Å². The van der Waals surface area contributed by atoms with Crippen LogP contribution in [0.1, 0.15) is 71.6 Å². The van der Waals surface area contributed by atoms with E-state index in [1.165, 1.54) is 13.0 Å². The molecule has 0 radical (unpaired) electrons. The second-order valence-electron chi connectivity index (χ2n) is 8.85. The number of benzene rings is 1. The summed E-state index contributed by atoms with van der Waals surface area (Å²) < 4.78 is 5.19. The minimum Gasteiger partial charge on any atom is -0.508 e. The van der Waals surface area contributed by atoms with Gasteiger partial charge in [-0.3, -0.25) is 14.5 Å². The van der Waals surface area contributed by atoms with Crippen molar-refractivity contribution >= 4 is 17.9 Å². The fraction of sp³-hybridized carbons (Fsp3) is 0.542. The molecule has 3 N–H and O–H groups in total. The third kappa shape index (κ3) is 7.80. The molecule has 3 atom stereocenters.